The molecule has 0 amide bonds. The van der Waals surface area contributed by atoms with Gasteiger partial charge in [0.25, 0.3) is 0 Å². The van der Waals surface area contributed by atoms with E-state index >= 15 is 0 Å². The summed E-state index contributed by atoms with van der Waals surface area (Å²) in [5.74, 6) is 2.60. The molecule has 2 aliphatic rings. The molecule has 4 rings (SSSR count). The Hall–Kier alpha value is -1.88. The SMILES string of the molecule is CC(C)c1nnc(CN2CCC(CN3CCc4ccccc43)CC2)o1. The first-order valence-corrected chi connectivity index (χ1v) is 9.56. The fraction of sp³-hybridized carbons (Fsp3) is 0.600. The molecular formula is C20H28N4O. The van der Waals surface area contributed by atoms with Gasteiger partial charge in [-0.2, -0.15) is 0 Å². The highest BCUT2D eigenvalue weighted by atomic mass is 16.4. The quantitative estimate of drug-likeness (QED) is 0.834. The second-order valence-electron chi connectivity index (χ2n) is 7.73. The fourth-order valence-corrected chi connectivity index (χ4v) is 3.99. The number of hydrogen-bond donors (Lipinski definition) is 0. The van der Waals surface area contributed by atoms with Crippen molar-refractivity contribution in [1.82, 2.24) is 15.1 Å². The molecule has 3 heterocycles. The summed E-state index contributed by atoms with van der Waals surface area (Å²) in [4.78, 5) is 5.04. The molecule has 134 valence electrons. The lowest BCUT2D eigenvalue weighted by molar-refractivity contribution is 0.164. The van der Waals surface area contributed by atoms with Crippen molar-refractivity contribution in [3.63, 3.8) is 0 Å². The largest absolute Gasteiger partial charge is 0.424 e. The maximum atomic E-state index is 5.75. The first-order valence-electron chi connectivity index (χ1n) is 9.56. The predicted molar refractivity (Wildman–Crippen MR) is 98.7 cm³/mol. The van der Waals surface area contributed by atoms with Crippen molar-refractivity contribution in [2.24, 2.45) is 5.92 Å². The Bertz CT molecular complexity index is 703. The standard InChI is InChI=1S/C20H28N4O/c1-15(2)20-22-21-19(25-20)14-23-10-7-16(8-11-23)13-24-12-9-17-5-3-4-6-18(17)24/h3-6,15-16H,7-14H2,1-2H3. The second-order valence-corrected chi connectivity index (χ2v) is 7.73. The van der Waals surface area contributed by atoms with Gasteiger partial charge in [-0.15, -0.1) is 10.2 Å². The number of fused-ring (bicyclic) bond motifs is 1. The van der Waals surface area contributed by atoms with Gasteiger partial charge in [0.05, 0.1) is 6.54 Å². The molecule has 1 aromatic heterocycles. The molecule has 25 heavy (non-hydrogen) atoms. The minimum absolute atomic E-state index is 0.301. The molecule has 1 aromatic carbocycles. The zero-order chi connectivity index (χ0) is 17.2. The summed E-state index contributed by atoms with van der Waals surface area (Å²) >= 11 is 0. The third kappa shape index (κ3) is 3.71. The minimum atomic E-state index is 0.301. The summed E-state index contributed by atoms with van der Waals surface area (Å²) in [6, 6.07) is 8.87. The van der Waals surface area contributed by atoms with E-state index in [1.54, 1.807) is 0 Å². The maximum Gasteiger partial charge on any atom is 0.230 e. The van der Waals surface area contributed by atoms with E-state index in [0.29, 0.717) is 5.92 Å². The van der Waals surface area contributed by atoms with Gasteiger partial charge in [0.2, 0.25) is 11.8 Å². The summed E-state index contributed by atoms with van der Waals surface area (Å²) < 4.78 is 5.75. The molecule has 0 N–H and O–H groups in total. The van der Waals surface area contributed by atoms with Crippen LogP contribution in [-0.2, 0) is 13.0 Å². The molecule has 0 atom stereocenters. The third-order valence-electron chi connectivity index (χ3n) is 5.50. The normalized spacial score (nSPS) is 18.9. The number of likely N-dealkylation sites (tertiary alicyclic amines) is 1. The Morgan fingerprint density at radius 3 is 2.68 bits per heavy atom. The Morgan fingerprint density at radius 1 is 1.12 bits per heavy atom. The molecule has 1 saturated heterocycles. The van der Waals surface area contributed by atoms with Crippen LogP contribution in [0.1, 0.15) is 50.0 Å². The number of anilines is 1. The number of piperidine rings is 1. The van der Waals surface area contributed by atoms with Gasteiger partial charge >= 0.3 is 0 Å². The first-order chi connectivity index (χ1) is 12.2. The first kappa shape index (κ1) is 16.6. The molecular weight excluding hydrogens is 312 g/mol. The molecule has 0 saturated carbocycles. The highest BCUT2D eigenvalue weighted by molar-refractivity contribution is 5.57. The van der Waals surface area contributed by atoms with E-state index in [1.165, 1.54) is 43.6 Å². The van der Waals surface area contributed by atoms with E-state index in [2.05, 4.69) is 58.1 Å². The van der Waals surface area contributed by atoms with Crippen molar-refractivity contribution in [1.29, 1.82) is 0 Å². The van der Waals surface area contributed by atoms with Crippen molar-refractivity contribution >= 4 is 5.69 Å². The predicted octanol–water partition coefficient (Wildman–Crippen LogP) is 3.47. The van der Waals surface area contributed by atoms with Crippen LogP contribution < -0.4 is 4.90 Å². The summed E-state index contributed by atoms with van der Waals surface area (Å²) in [5, 5.41) is 8.33. The van der Waals surface area contributed by atoms with Crippen LogP contribution in [0.5, 0.6) is 0 Å². The molecule has 2 aliphatic heterocycles. The average Bonchev–Trinajstić information content (AvgIpc) is 3.24. The minimum Gasteiger partial charge on any atom is -0.424 e. The Kier molecular flexibility index (Phi) is 4.75. The van der Waals surface area contributed by atoms with E-state index in [0.717, 1.165) is 37.3 Å². The number of rotatable bonds is 5. The van der Waals surface area contributed by atoms with Crippen molar-refractivity contribution in [2.75, 3.05) is 31.1 Å². The monoisotopic (exact) mass is 340 g/mol. The zero-order valence-electron chi connectivity index (χ0n) is 15.3. The van der Waals surface area contributed by atoms with E-state index in [9.17, 15) is 0 Å². The number of para-hydroxylation sites is 1. The van der Waals surface area contributed by atoms with E-state index in [-0.39, 0.29) is 0 Å². The van der Waals surface area contributed by atoms with Crippen molar-refractivity contribution < 1.29 is 4.42 Å². The van der Waals surface area contributed by atoms with Crippen LogP contribution in [0.3, 0.4) is 0 Å². The molecule has 0 aliphatic carbocycles. The van der Waals surface area contributed by atoms with Crippen molar-refractivity contribution in [3.05, 3.63) is 41.6 Å². The van der Waals surface area contributed by atoms with Gasteiger partial charge in [-0.25, -0.2) is 0 Å². The number of hydrogen-bond acceptors (Lipinski definition) is 5. The Labute approximate surface area is 150 Å². The third-order valence-corrected chi connectivity index (χ3v) is 5.50. The average molecular weight is 340 g/mol. The smallest absolute Gasteiger partial charge is 0.230 e. The molecule has 0 unspecified atom stereocenters. The molecule has 5 nitrogen and oxygen atoms in total. The molecule has 0 radical (unpaired) electrons. The molecule has 0 spiro atoms. The number of aromatic nitrogens is 2. The zero-order valence-corrected chi connectivity index (χ0v) is 15.3. The number of nitrogens with zero attached hydrogens (tertiary/aromatic N) is 4. The highest BCUT2D eigenvalue weighted by Crippen LogP contribution is 2.30. The van der Waals surface area contributed by atoms with Crippen molar-refractivity contribution in [2.45, 2.75) is 45.6 Å². The Morgan fingerprint density at radius 2 is 1.92 bits per heavy atom. The van der Waals surface area contributed by atoms with Gasteiger partial charge in [-0.3, -0.25) is 4.90 Å². The van der Waals surface area contributed by atoms with Gasteiger partial charge in [-0.1, -0.05) is 32.0 Å². The van der Waals surface area contributed by atoms with Crippen LogP contribution in [0.4, 0.5) is 5.69 Å². The van der Waals surface area contributed by atoms with Crippen LogP contribution in [0.25, 0.3) is 0 Å². The topological polar surface area (TPSA) is 45.4 Å². The van der Waals surface area contributed by atoms with Crippen LogP contribution in [0.15, 0.2) is 28.7 Å². The summed E-state index contributed by atoms with van der Waals surface area (Å²) in [5.41, 5.74) is 2.97. The van der Waals surface area contributed by atoms with Gasteiger partial charge in [0, 0.05) is 24.7 Å². The van der Waals surface area contributed by atoms with Crippen molar-refractivity contribution in [3.8, 4) is 0 Å². The van der Waals surface area contributed by atoms with E-state index in [4.69, 9.17) is 4.42 Å². The van der Waals surface area contributed by atoms with Crippen LogP contribution in [-0.4, -0.2) is 41.3 Å². The number of benzene rings is 1. The maximum absolute atomic E-state index is 5.75. The van der Waals surface area contributed by atoms with Gasteiger partial charge in [0.1, 0.15) is 0 Å². The van der Waals surface area contributed by atoms with Crippen LogP contribution in [0, 0.1) is 5.92 Å². The fourth-order valence-electron chi connectivity index (χ4n) is 3.99. The lowest BCUT2D eigenvalue weighted by atomic mass is 9.96. The lowest BCUT2D eigenvalue weighted by Crippen LogP contribution is -2.38. The second kappa shape index (κ2) is 7.16. The highest BCUT2D eigenvalue weighted by Gasteiger charge is 2.25. The lowest BCUT2D eigenvalue weighted by Gasteiger charge is -2.33. The van der Waals surface area contributed by atoms with E-state index < -0.39 is 0 Å². The van der Waals surface area contributed by atoms with Gasteiger partial charge in [-0.05, 0) is 49.9 Å². The van der Waals surface area contributed by atoms with Crippen LogP contribution >= 0.6 is 0 Å². The molecule has 2 aromatic rings. The molecule has 5 heteroatoms. The molecule has 0 bridgehead atoms. The molecule has 1 fully saturated rings. The van der Waals surface area contributed by atoms with Crippen LogP contribution in [0.2, 0.25) is 0 Å². The van der Waals surface area contributed by atoms with Gasteiger partial charge < -0.3 is 9.32 Å². The summed E-state index contributed by atoms with van der Waals surface area (Å²) in [6.07, 6.45) is 3.71. The summed E-state index contributed by atoms with van der Waals surface area (Å²) in [6.45, 7) is 9.58. The van der Waals surface area contributed by atoms with Gasteiger partial charge in [0.15, 0.2) is 0 Å². The van der Waals surface area contributed by atoms with E-state index in [1.807, 2.05) is 0 Å². The summed E-state index contributed by atoms with van der Waals surface area (Å²) in [7, 11) is 0. The Balaban J connectivity index is 1.27.